The lowest BCUT2D eigenvalue weighted by Crippen LogP contribution is -2.25. The Hall–Kier alpha value is -3.52. The molecular weight excluding hydrogens is 416 g/mol. The van der Waals surface area contributed by atoms with Crippen molar-refractivity contribution in [1.29, 1.82) is 0 Å². The van der Waals surface area contributed by atoms with Gasteiger partial charge in [0.1, 0.15) is 0 Å². The molecule has 2 N–H and O–H groups in total. The summed E-state index contributed by atoms with van der Waals surface area (Å²) in [5.41, 5.74) is 2.48. The zero-order chi connectivity index (χ0) is 22.4. The SMILES string of the molecule is COc1ccc(S(=O)(=O)Nc2ccccc2C(=O)NCc2ccc(C)cc2)cc1OC. The topological polar surface area (TPSA) is 93.7 Å². The third-order valence-electron chi connectivity index (χ3n) is 4.65. The van der Waals surface area contributed by atoms with E-state index in [-0.39, 0.29) is 27.8 Å². The van der Waals surface area contributed by atoms with Crippen molar-refractivity contribution in [2.24, 2.45) is 0 Å². The summed E-state index contributed by atoms with van der Waals surface area (Å²) in [6, 6.07) is 18.5. The van der Waals surface area contributed by atoms with Gasteiger partial charge in [-0.25, -0.2) is 8.42 Å². The Kier molecular flexibility index (Phi) is 6.81. The van der Waals surface area contributed by atoms with Gasteiger partial charge in [-0.1, -0.05) is 42.0 Å². The summed E-state index contributed by atoms with van der Waals surface area (Å²) in [6.07, 6.45) is 0. The summed E-state index contributed by atoms with van der Waals surface area (Å²) in [4.78, 5) is 12.7. The van der Waals surface area contributed by atoms with Gasteiger partial charge in [0.05, 0.1) is 30.4 Å². The highest BCUT2D eigenvalue weighted by Gasteiger charge is 2.20. The maximum atomic E-state index is 12.9. The summed E-state index contributed by atoms with van der Waals surface area (Å²) >= 11 is 0. The average molecular weight is 441 g/mol. The number of carbonyl (C=O) groups excluding carboxylic acids is 1. The summed E-state index contributed by atoms with van der Waals surface area (Å²) in [6.45, 7) is 2.32. The Labute approximate surface area is 182 Å². The number of sulfonamides is 1. The Morgan fingerprint density at radius 1 is 0.903 bits per heavy atom. The highest BCUT2D eigenvalue weighted by Crippen LogP contribution is 2.30. The van der Waals surface area contributed by atoms with Crippen LogP contribution < -0.4 is 19.5 Å². The van der Waals surface area contributed by atoms with Crippen LogP contribution >= 0.6 is 0 Å². The van der Waals surface area contributed by atoms with Gasteiger partial charge in [-0.2, -0.15) is 0 Å². The highest BCUT2D eigenvalue weighted by atomic mass is 32.2. The number of carbonyl (C=O) groups is 1. The number of ether oxygens (including phenoxy) is 2. The molecule has 0 aliphatic carbocycles. The van der Waals surface area contributed by atoms with Crippen molar-refractivity contribution in [2.45, 2.75) is 18.4 Å². The van der Waals surface area contributed by atoms with E-state index in [0.717, 1.165) is 11.1 Å². The molecule has 0 fully saturated rings. The molecule has 0 aliphatic heterocycles. The second-order valence-electron chi connectivity index (χ2n) is 6.84. The van der Waals surface area contributed by atoms with Gasteiger partial charge in [-0.3, -0.25) is 9.52 Å². The van der Waals surface area contributed by atoms with Gasteiger partial charge >= 0.3 is 0 Å². The monoisotopic (exact) mass is 440 g/mol. The molecule has 0 saturated heterocycles. The van der Waals surface area contributed by atoms with Crippen LogP contribution in [0.4, 0.5) is 5.69 Å². The number of anilines is 1. The van der Waals surface area contributed by atoms with E-state index < -0.39 is 10.0 Å². The molecule has 0 saturated carbocycles. The largest absolute Gasteiger partial charge is 0.493 e. The van der Waals surface area contributed by atoms with E-state index in [4.69, 9.17) is 9.47 Å². The molecule has 31 heavy (non-hydrogen) atoms. The van der Waals surface area contributed by atoms with Crippen LogP contribution in [0.1, 0.15) is 21.5 Å². The zero-order valence-electron chi connectivity index (χ0n) is 17.5. The van der Waals surface area contributed by atoms with Crippen molar-refractivity contribution in [3.05, 3.63) is 83.4 Å². The first kappa shape index (κ1) is 22.2. The van der Waals surface area contributed by atoms with E-state index in [1.54, 1.807) is 24.3 Å². The molecule has 0 aromatic heterocycles. The normalized spacial score (nSPS) is 10.9. The molecule has 1 amide bonds. The van der Waals surface area contributed by atoms with Crippen LogP contribution in [0.25, 0.3) is 0 Å². The van der Waals surface area contributed by atoms with Crippen molar-refractivity contribution in [1.82, 2.24) is 5.32 Å². The fourth-order valence-corrected chi connectivity index (χ4v) is 4.04. The van der Waals surface area contributed by atoms with E-state index in [0.29, 0.717) is 12.3 Å². The van der Waals surface area contributed by atoms with Gasteiger partial charge in [0.25, 0.3) is 15.9 Å². The number of benzene rings is 3. The summed E-state index contributed by atoms with van der Waals surface area (Å²) < 4.78 is 38.7. The summed E-state index contributed by atoms with van der Waals surface area (Å²) in [7, 11) is -1.07. The van der Waals surface area contributed by atoms with Gasteiger partial charge in [0.2, 0.25) is 0 Å². The maximum absolute atomic E-state index is 12.9. The van der Waals surface area contributed by atoms with E-state index in [1.165, 1.54) is 32.4 Å². The summed E-state index contributed by atoms with van der Waals surface area (Å²) in [5, 5.41) is 2.82. The van der Waals surface area contributed by atoms with Gasteiger partial charge < -0.3 is 14.8 Å². The van der Waals surface area contributed by atoms with E-state index >= 15 is 0 Å². The number of aryl methyl sites for hydroxylation is 1. The maximum Gasteiger partial charge on any atom is 0.262 e. The number of hydrogen-bond acceptors (Lipinski definition) is 5. The molecule has 0 atom stereocenters. The minimum absolute atomic E-state index is 0.0139. The van der Waals surface area contributed by atoms with Crippen LogP contribution in [0, 0.1) is 6.92 Å². The number of amides is 1. The molecule has 3 aromatic rings. The Balaban J connectivity index is 1.81. The molecule has 0 bridgehead atoms. The number of hydrogen-bond donors (Lipinski definition) is 2. The number of nitrogens with one attached hydrogen (secondary N) is 2. The quantitative estimate of drug-likeness (QED) is 0.557. The third kappa shape index (κ3) is 5.35. The lowest BCUT2D eigenvalue weighted by atomic mass is 10.1. The number of methoxy groups -OCH3 is 2. The van der Waals surface area contributed by atoms with Crippen LogP contribution in [-0.4, -0.2) is 28.5 Å². The minimum Gasteiger partial charge on any atom is -0.493 e. The van der Waals surface area contributed by atoms with Crippen LogP contribution in [0.15, 0.2) is 71.6 Å². The predicted octanol–water partition coefficient (Wildman–Crippen LogP) is 3.74. The standard InChI is InChI=1S/C23H24N2O5S/c1-16-8-10-17(11-9-16)15-24-23(26)19-6-4-5-7-20(19)25-31(27,28)18-12-13-21(29-2)22(14-18)30-3/h4-14,25H,15H2,1-3H3,(H,24,26). The predicted molar refractivity (Wildman–Crippen MR) is 119 cm³/mol. The second kappa shape index (κ2) is 9.53. The van der Waals surface area contributed by atoms with Crippen LogP contribution in [0.2, 0.25) is 0 Å². The minimum atomic E-state index is -3.96. The van der Waals surface area contributed by atoms with E-state index in [9.17, 15) is 13.2 Å². The fraction of sp³-hybridized carbons (Fsp3) is 0.174. The molecule has 0 unspecified atom stereocenters. The molecule has 0 spiro atoms. The first-order valence-electron chi connectivity index (χ1n) is 9.51. The van der Waals surface area contributed by atoms with Gasteiger partial charge in [0, 0.05) is 12.6 Å². The van der Waals surface area contributed by atoms with Gasteiger partial charge in [-0.05, 0) is 36.8 Å². The molecule has 0 aliphatic rings. The molecule has 8 heteroatoms. The van der Waals surface area contributed by atoms with Gasteiger partial charge in [-0.15, -0.1) is 0 Å². The Morgan fingerprint density at radius 2 is 1.58 bits per heavy atom. The molecule has 3 rings (SSSR count). The second-order valence-corrected chi connectivity index (χ2v) is 8.52. The number of rotatable bonds is 8. The van der Waals surface area contributed by atoms with Crippen LogP contribution in [0.5, 0.6) is 11.5 Å². The lowest BCUT2D eigenvalue weighted by Gasteiger charge is -2.14. The molecule has 7 nitrogen and oxygen atoms in total. The molecular formula is C23H24N2O5S. The lowest BCUT2D eigenvalue weighted by molar-refractivity contribution is 0.0952. The summed E-state index contributed by atoms with van der Waals surface area (Å²) in [5.74, 6) is 0.318. The molecule has 0 radical (unpaired) electrons. The van der Waals surface area contributed by atoms with E-state index in [2.05, 4.69) is 10.0 Å². The fourth-order valence-electron chi connectivity index (χ4n) is 2.94. The van der Waals surface area contributed by atoms with Crippen molar-refractivity contribution in [3.8, 4) is 11.5 Å². The molecule has 0 heterocycles. The molecule has 162 valence electrons. The van der Waals surface area contributed by atoms with Crippen molar-refractivity contribution in [3.63, 3.8) is 0 Å². The van der Waals surface area contributed by atoms with Crippen molar-refractivity contribution in [2.75, 3.05) is 18.9 Å². The van der Waals surface area contributed by atoms with Crippen LogP contribution in [0.3, 0.4) is 0 Å². The average Bonchev–Trinajstić information content (AvgIpc) is 2.78. The zero-order valence-corrected chi connectivity index (χ0v) is 18.3. The highest BCUT2D eigenvalue weighted by molar-refractivity contribution is 7.92. The third-order valence-corrected chi connectivity index (χ3v) is 6.02. The van der Waals surface area contributed by atoms with E-state index in [1.807, 2.05) is 31.2 Å². The first-order valence-corrected chi connectivity index (χ1v) is 11.0. The van der Waals surface area contributed by atoms with Crippen molar-refractivity contribution < 1.29 is 22.7 Å². The van der Waals surface area contributed by atoms with Crippen LogP contribution in [-0.2, 0) is 16.6 Å². The number of para-hydroxylation sites is 1. The first-order chi connectivity index (χ1) is 14.8. The van der Waals surface area contributed by atoms with Crippen molar-refractivity contribution >= 4 is 21.6 Å². The molecule has 3 aromatic carbocycles. The Morgan fingerprint density at radius 3 is 2.26 bits per heavy atom. The smallest absolute Gasteiger partial charge is 0.262 e. The Bertz CT molecular complexity index is 1170. The van der Waals surface area contributed by atoms with Gasteiger partial charge in [0.15, 0.2) is 11.5 Å².